The van der Waals surface area contributed by atoms with Gasteiger partial charge in [-0.05, 0) is 6.42 Å². The maximum Gasteiger partial charge on any atom is 0.365 e. The molecule has 20 heavy (non-hydrogen) atoms. The van der Waals surface area contributed by atoms with Crippen LogP contribution in [0.25, 0.3) is 0 Å². The molecule has 1 aliphatic rings. The molecule has 0 aliphatic carbocycles. The van der Waals surface area contributed by atoms with Crippen LogP contribution in [0, 0.1) is 4.91 Å². The number of halogens is 3. The normalized spacial score (nSPS) is 24.0. The molecule has 0 radical (unpaired) electrons. The van der Waals surface area contributed by atoms with Gasteiger partial charge in [0.25, 0.3) is 0 Å². The Kier molecular flexibility index (Phi) is 8.67. The van der Waals surface area contributed by atoms with E-state index in [4.69, 9.17) is 39.3 Å². The second-order valence-electron chi connectivity index (χ2n) is 3.97. The summed E-state index contributed by atoms with van der Waals surface area (Å²) in [5.41, 5.74) is 0. The highest BCUT2D eigenvalue weighted by molar-refractivity contribution is 7.53. The van der Waals surface area contributed by atoms with Gasteiger partial charge in [0.2, 0.25) is 0 Å². The first-order valence-electron chi connectivity index (χ1n) is 6.20. The Morgan fingerprint density at radius 3 is 2.25 bits per heavy atom. The Labute approximate surface area is 133 Å². The summed E-state index contributed by atoms with van der Waals surface area (Å²) in [7, 11) is -3.40. The van der Waals surface area contributed by atoms with Crippen molar-refractivity contribution < 1.29 is 9.09 Å². The van der Waals surface area contributed by atoms with E-state index in [1.54, 1.807) is 4.67 Å². The van der Waals surface area contributed by atoms with E-state index in [1.807, 2.05) is 0 Å². The topological polar surface area (TPSA) is 65.5 Å². The Bertz CT molecular complexity index is 346. The summed E-state index contributed by atoms with van der Waals surface area (Å²) in [4.78, 5) is 10.9. The minimum absolute atomic E-state index is 0.161. The molecule has 0 amide bonds. The highest BCUT2D eigenvalue weighted by Crippen LogP contribution is 2.57. The molecule has 0 N–H and O–H groups in total. The van der Waals surface area contributed by atoms with E-state index in [9.17, 15) is 9.47 Å². The van der Waals surface area contributed by atoms with Crippen molar-refractivity contribution in [1.82, 2.24) is 14.6 Å². The fourth-order valence-electron chi connectivity index (χ4n) is 1.89. The van der Waals surface area contributed by atoms with Crippen LogP contribution < -0.4 is 0 Å². The molecule has 1 aliphatic heterocycles. The molecule has 1 heterocycles. The van der Waals surface area contributed by atoms with Crippen LogP contribution in [0.15, 0.2) is 5.29 Å². The van der Waals surface area contributed by atoms with Gasteiger partial charge < -0.3 is 4.52 Å². The lowest BCUT2D eigenvalue weighted by Gasteiger charge is -2.42. The average Bonchev–Trinajstić information content (AvgIpc) is 2.45. The first-order chi connectivity index (χ1) is 9.63. The van der Waals surface area contributed by atoms with Gasteiger partial charge >= 0.3 is 7.67 Å². The van der Waals surface area contributed by atoms with E-state index in [1.165, 1.54) is 4.78 Å². The lowest BCUT2D eigenvalue weighted by molar-refractivity contribution is 0.00921. The molecule has 11 heteroatoms. The fraction of sp³-hybridized carbons (Fsp3) is 1.00. The van der Waals surface area contributed by atoms with Crippen LogP contribution in [0.5, 0.6) is 0 Å². The molecule has 0 aromatic rings. The van der Waals surface area contributed by atoms with E-state index in [0.717, 1.165) is 5.12 Å². The molecule has 1 unspecified atom stereocenters. The Morgan fingerprint density at radius 1 is 1.15 bits per heavy atom. The highest BCUT2D eigenvalue weighted by Gasteiger charge is 2.44. The molecule has 0 aromatic heterocycles. The third-order valence-electron chi connectivity index (χ3n) is 2.74. The Hall–Kier alpha value is 0.380. The zero-order valence-electron chi connectivity index (χ0n) is 11.0. The Morgan fingerprint density at radius 2 is 1.75 bits per heavy atom. The van der Waals surface area contributed by atoms with Crippen molar-refractivity contribution in [2.45, 2.75) is 6.42 Å². The third kappa shape index (κ3) is 4.44. The molecule has 0 spiro atoms. The number of nitroso groups, excluding NO2 is 1. The van der Waals surface area contributed by atoms with Crippen molar-refractivity contribution in [3.8, 4) is 0 Å². The maximum absolute atomic E-state index is 13.1. The molecule has 1 saturated heterocycles. The lowest BCUT2D eigenvalue weighted by atomic mass is 10.5. The van der Waals surface area contributed by atoms with E-state index >= 15 is 0 Å². The summed E-state index contributed by atoms with van der Waals surface area (Å²) < 4.78 is 21.5. The average molecular weight is 368 g/mol. The van der Waals surface area contributed by atoms with Crippen LogP contribution in [-0.4, -0.2) is 65.0 Å². The quantitative estimate of drug-likeness (QED) is 0.270. The Balaban J connectivity index is 2.98. The number of alkyl halides is 3. The van der Waals surface area contributed by atoms with E-state index in [0.29, 0.717) is 32.7 Å². The smallest absolute Gasteiger partial charge is 0.305 e. The van der Waals surface area contributed by atoms with Crippen LogP contribution in [0.1, 0.15) is 6.42 Å². The molecule has 118 valence electrons. The lowest BCUT2D eigenvalue weighted by Crippen LogP contribution is -2.46. The summed E-state index contributed by atoms with van der Waals surface area (Å²) in [5, 5.41) is 3.94. The first kappa shape index (κ1) is 18.4. The fourth-order valence-corrected chi connectivity index (χ4v) is 5.12. The van der Waals surface area contributed by atoms with Gasteiger partial charge in [-0.25, -0.2) is 4.67 Å². The minimum atomic E-state index is -3.40. The minimum Gasteiger partial charge on any atom is -0.305 e. The van der Waals surface area contributed by atoms with Gasteiger partial charge in [-0.2, -0.15) is 5.12 Å². The van der Waals surface area contributed by atoms with Gasteiger partial charge in [-0.1, -0.05) is 0 Å². The SMILES string of the molecule is O=NN(CCCl)N1CCCOP1(=O)N(CCCl)CCCl. The van der Waals surface area contributed by atoms with Gasteiger partial charge in [-0.3, -0.25) is 4.57 Å². The van der Waals surface area contributed by atoms with Crippen molar-refractivity contribution in [2.24, 2.45) is 5.29 Å². The number of rotatable bonds is 9. The second-order valence-corrected chi connectivity index (χ2v) is 7.37. The van der Waals surface area contributed by atoms with Crippen LogP contribution in [0.2, 0.25) is 0 Å². The van der Waals surface area contributed by atoms with E-state index in [2.05, 4.69) is 5.29 Å². The van der Waals surface area contributed by atoms with Crippen molar-refractivity contribution >= 4 is 42.5 Å². The summed E-state index contributed by atoms with van der Waals surface area (Å²) >= 11 is 17.1. The first-order valence-corrected chi connectivity index (χ1v) is 9.34. The molecule has 1 atom stereocenters. The van der Waals surface area contributed by atoms with Gasteiger partial charge in [0.05, 0.1) is 18.4 Å². The van der Waals surface area contributed by atoms with Crippen molar-refractivity contribution in [2.75, 3.05) is 50.4 Å². The van der Waals surface area contributed by atoms with E-state index in [-0.39, 0.29) is 24.2 Å². The van der Waals surface area contributed by atoms with Gasteiger partial charge in [0.15, 0.2) is 0 Å². The van der Waals surface area contributed by atoms with Crippen molar-refractivity contribution in [3.05, 3.63) is 4.91 Å². The zero-order valence-corrected chi connectivity index (χ0v) is 14.1. The second kappa shape index (κ2) is 9.41. The predicted molar refractivity (Wildman–Crippen MR) is 81.1 cm³/mol. The monoisotopic (exact) mass is 366 g/mol. The predicted octanol–water partition coefficient (Wildman–Crippen LogP) is 2.73. The van der Waals surface area contributed by atoms with Crippen LogP contribution in [0.4, 0.5) is 0 Å². The number of hydrogen-bond acceptors (Lipinski definition) is 4. The molecule has 0 bridgehead atoms. The largest absolute Gasteiger partial charge is 0.365 e. The molecule has 0 saturated carbocycles. The molecule has 7 nitrogen and oxygen atoms in total. The summed E-state index contributed by atoms with van der Waals surface area (Å²) in [5.74, 6) is 0.747. The number of hydrazine groups is 1. The zero-order chi connectivity index (χ0) is 15.0. The van der Waals surface area contributed by atoms with Crippen LogP contribution in [-0.2, 0) is 9.09 Å². The summed E-state index contributed by atoms with van der Waals surface area (Å²) in [6.07, 6.45) is 0.647. The summed E-state index contributed by atoms with van der Waals surface area (Å²) in [6, 6.07) is 0. The van der Waals surface area contributed by atoms with Crippen molar-refractivity contribution in [1.29, 1.82) is 0 Å². The number of hydrogen-bond donors (Lipinski definition) is 0. The van der Waals surface area contributed by atoms with Crippen molar-refractivity contribution in [3.63, 3.8) is 0 Å². The van der Waals surface area contributed by atoms with Gasteiger partial charge in [0.1, 0.15) is 0 Å². The summed E-state index contributed by atoms with van der Waals surface area (Å²) in [6.45, 7) is 1.60. The number of nitrogens with zero attached hydrogens (tertiary/aromatic N) is 4. The molecular formula is C9H18Cl3N4O3P. The maximum atomic E-state index is 13.1. The molecule has 1 fully saturated rings. The molecular weight excluding hydrogens is 349 g/mol. The van der Waals surface area contributed by atoms with Gasteiger partial charge in [0, 0.05) is 37.3 Å². The highest BCUT2D eigenvalue weighted by atomic mass is 35.5. The standard InChI is InChI=1S/C9H18Cl3N4O3P/c10-2-6-14(7-3-11)20(18)16(5-1-9-19-20)15(13-17)8-4-12/h1-9H2. The third-order valence-corrected chi connectivity index (χ3v) is 5.87. The molecule has 1 rings (SSSR count). The van der Waals surface area contributed by atoms with Gasteiger partial charge in [-0.15, -0.1) is 44.5 Å². The molecule has 0 aromatic carbocycles. The van der Waals surface area contributed by atoms with Crippen LogP contribution in [0.3, 0.4) is 0 Å². The van der Waals surface area contributed by atoms with E-state index < -0.39 is 7.67 Å². The van der Waals surface area contributed by atoms with Crippen LogP contribution >= 0.6 is 42.5 Å².